The molecule has 3 fully saturated rings. The summed E-state index contributed by atoms with van der Waals surface area (Å²) in [5.41, 5.74) is 1.72. The molecule has 34 heavy (non-hydrogen) atoms. The molecule has 1 amide bonds. The number of likely N-dealkylation sites (tertiary alicyclic amines) is 1. The average Bonchev–Trinajstić information content (AvgIpc) is 3.50. The maximum absolute atomic E-state index is 15.5. The van der Waals surface area contributed by atoms with E-state index < -0.39 is 11.4 Å². The van der Waals surface area contributed by atoms with Gasteiger partial charge < -0.3 is 14.5 Å². The molecular formula is C25H35ClFN5O2. The lowest BCUT2D eigenvalue weighted by molar-refractivity contribution is 0.0271. The van der Waals surface area contributed by atoms with Crippen LogP contribution in [0.25, 0.3) is 10.9 Å². The Balaban J connectivity index is 1.49. The van der Waals surface area contributed by atoms with Crippen molar-refractivity contribution in [2.24, 2.45) is 17.8 Å². The maximum Gasteiger partial charge on any atom is 0.410 e. The number of rotatable bonds is 5. The van der Waals surface area contributed by atoms with Crippen molar-refractivity contribution in [1.29, 1.82) is 0 Å². The fraction of sp³-hybridized carbons (Fsp3) is 0.720. The van der Waals surface area contributed by atoms with Crippen LogP contribution >= 0.6 is 11.6 Å². The van der Waals surface area contributed by atoms with Gasteiger partial charge >= 0.3 is 6.09 Å². The third-order valence-electron chi connectivity index (χ3n) is 7.31. The van der Waals surface area contributed by atoms with Crippen LogP contribution in [-0.4, -0.2) is 70.0 Å². The van der Waals surface area contributed by atoms with Gasteiger partial charge in [-0.05, 0) is 65.0 Å². The smallest absolute Gasteiger partial charge is 0.410 e. The highest BCUT2D eigenvalue weighted by Crippen LogP contribution is 2.60. The van der Waals surface area contributed by atoms with Crippen LogP contribution in [-0.2, 0) is 4.74 Å². The third-order valence-corrected chi connectivity index (χ3v) is 7.56. The van der Waals surface area contributed by atoms with Gasteiger partial charge in [-0.3, -0.25) is 4.68 Å². The van der Waals surface area contributed by atoms with E-state index >= 15 is 4.39 Å². The Kier molecular flexibility index (Phi) is 5.63. The number of aromatic nitrogens is 3. The Labute approximate surface area is 205 Å². The van der Waals surface area contributed by atoms with E-state index in [-0.39, 0.29) is 29.1 Å². The third kappa shape index (κ3) is 4.06. The zero-order chi connectivity index (χ0) is 24.7. The summed E-state index contributed by atoms with van der Waals surface area (Å²) < 4.78 is 22.9. The SMILES string of the molecule is CC(C)c1nc(Cl)c(F)c2c1c(C1C3CN(C(=O)OC(C)(C)C)CC31)nn2C1CC1CN(C)C. The number of carbonyl (C=O) groups excluding carboxylic acids is 1. The van der Waals surface area contributed by atoms with Crippen molar-refractivity contribution in [3.63, 3.8) is 0 Å². The zero-order valence-corrected chi connectivity index (χ0v) is 21.9. The number of hydrogen-bond acceptors (Lipinski definition) is 5. The van der Waals surface area contributed by atoms with Crippen molar-refractivity contribution in [3.05, 3.63) is 22.4 Å². The van der Waals surface area contributed by atoms with Gasteiger partial charge in [0.25, 0.3) is 0 Å². The van der Waals surface area contributed by atoms with Gasteiger partial charge in [-0.1, -0.05) is 25.4 Å². The summed E-state index contributed by atoms with van der Waals surface area (Å²) in [6.07, 6.45) is 0.718. The minimum Gasteiger partial charge on any atom is -0.444 e. The van der Waals surface area contributed by atoms with Gasteiger partial charge in [0.05, 0.1) is 17.4 Å². The summed E-state index contributed by atoms with van der Waals surface area (Å²) >= 11 is 6.27. The van der Waals surface area contributed by atoms with Gasteiger partial charge in [-0.15, -0.1) is 0 Å². The Morgan fingerprint density at radius 2 is 1.91 bits per heavy atom. The van der Waals surface area contributed by atoms with E-state index in [4.69, 9.17) is 21.4 Å². The van der Waals surface area contributed by atoms with Crippen LogP contribution in [0.3, 0.4) is 0 Å². The number of halogens is 2. The molecule has 1 saturated heterocycles. The Bertz CT molecular complexity index is 1130. The molecule has 2 aromatic rings. The van der Waals surface area contributed by atoms with Gasteiger partial charge in [-0.2, -0.15) is 5.10 Å². The summed E-state index contributed by atoms with van der Waals surface area (Å²) in [6, 6.07) is 0.170. The largest absolute Gasteiger partial charge is 0.444 e. The van der Waals surface area contributed by atoms with Crippen LogP contribution in [0.2, 0.25) is 5.15 Å². The van der Waals surface area contributed by atoms with Crippen molar-refractivity contribution in [3.8, 4) is 0 Å². The Morgan fingerprint density at radius 1 is 1.26 bits per heavy atom. The maximum atomic E-state index is 15.5. The number of nitrogens with zero attached hydrogens (tertiary/aromatic N) is 5. The normalized spacial score (nSPS) is 28.2. The lowest BCUT2D eigenvalue weighted by Crippen LogP contribution is -2.36. The van der Waals surface area contributed by atoms with Crippen molar-refractivity contribution in [2.75, 3.05) is 33.7 Å². The second-order valence-electron chi connectivity index (χ2n) is 11.9. The van der Waals surface area contributed by atoms with E-state index in [1.54, 1.807) is 4.90 Å². The fourth-order valence-corrected chi connectivity index (χ4v) is 5.90. The molecule has 186 valence electrons. The Hall–Kier alpha value is -1.93. The first-order valence-corrected chi connectivity index (χ1v) is 12.6. The van der Waals surface area contributed by atoms with Gasteiger partial charge in [-0.25, -0.2) is 14.2 Å². The van der Waals surface area contributed by atoms with Crippen LogP contribution in [0.4, 0.5) is 9.18 Å². The molecule has 1 aliphatic heterocycles. The molecule has 0 N–H and O–H groups in total. The van der Waals surface area contributed by atoms with E-state index in [0.717, 1.165) is 29.7 Å². The number of ether oxygens (including phenoxy) is 1. The Morgan fingerprint density at radius 3 is 2.47 bits per heavy atom. The summed E-state index contributed by atoms with van der Waals surface area (Å²) in [7, 11) is 4.12. The van der Waals surface area contributed by atoms with E-state index in [1.807, 2.05) is 25.5 Å². The molecule has 3 heterocycles. The topological polar surface area (TPSA) is 63.5 Å². The van der Waals surface area contributed by atoms with E-state index in [2.05, 4.69) is 37.8 Å². The summed E-state index contributed by atoms with van der Waals surface area (Å²) in [5, 5.41) is 5.80. The summed E-state index contributed by atoms with van der Waals surface area (Å²) in [5.74, 6) is 0.890. The predicted molar refractivity (Wildman–Crippen MR) is 130 cm³/mol. The number of fused-ring (bicyclic) bond motifs is 2. The molecule has 3 aliphatic rings. The molecule has 0 bridgehead atoms. The molecule has 2 saturated carbocycles. The zero-order valence-electron chi connectivity index (χ0n) is 21.1. The lowest BCUT2D eigenvalue weighted by atomic mass is 10.0. The standard InChI is InChI=1S/C25H35ClFN5O2/c1-12(2)20-18-21(17-14-10-31(11-15(14)17)24(33)34-25(3,4)5)29-32(16-8-13(16)9-30(6)7)22(18)19(27)23(26)28-20/h12-17H,8-11H2,1-7H3. The van der Waals surface area contributed by atoms with Crippen molar-refractivity contribution in [2.45, 2.75) is 64.5 Å². The van der Waals surface area contributed by atoms with E-state index in [1.165, 1.54) is 0 Å². The minimum absolute atomic E-state index is 0.0826. The average molecular weight is 492 g/mol. The van der Waals surface area contributed by atoms with Crippen LogP contribution in [0.15, 0.2) is 0 Å². The monoisotopic (exact) mass is 491 g/mol. The quantitative estimate of drug-likeness (QED) is 0.547. The minimum atomic E-state index is -0.514. The molecule has 4 unspecified atom stereocenters. The lowest BCUT2D eigenvalue weighted by Gasteiger charge is -2.25. The fourth-order valence-electron chi connectivity index (χ4n) is 5.72. The molecule has 0 radical (unpaired) electrons. The highest BCUT2D eigenvalue weighted by atomic mass is 35.5. The van der Waals surface area contributed by atoms with Crippen molar-refractivity contribution < 1.29 is 13.9 Å². The first kappa shape index (κ1) is 23.8. The molecular weight excluding hydrogens is 457 g/mol. The molecule has 4 atom stereocenters. The van der Waals surface area contributed by atoms with Crippen LogP contribution in [0.1, 0.15) is 70.3 Å². The first-order chi connectivity index (χ1) is 15.9. The summed E-state index contributed by atoms with van der Waals surface area (Å²) in [6.45, 7) is 12.0. The van der Waals surface area contributed by atoms with Gasteiger partial charge in [0.1, 0.15) is 11.1 Å². The highest BCUT2D eigenvalue weighted by molar-refractivity contribution is 6.30. The summed E-state index contributed by atoms with van der Waals surface area (Å²) in [4.78, 5) is 21.0. The molecule has 7 nitrogen and oxygen atoms in total. The highest BCUT2D eigenvalue weighted by Gasteiger charge is 2.60. The van der Waals surface area contributed by atoms with Crippen molar-refractivity contribution >= 4 is 28.6 Å². The van der Waals surface area contributed by atoms with Crippen molar-refractivity contribution in [1.82, 2.24) is 24.6 Å². The predicted octanol–water partition coefficient (Wildman–Crippen LogP) is 5.05. The van der Waals surface area contributed by atoms with Gasteiger partial charge in [0.15, 0.2) is 11.0 Å². The molecule has 0 spiro atoms. The number of hydrogen-bond donors (Lipinski definition) is 0. The molecule has 2 aliphatic carbocycles. The number of carbonyl (C=O) groups is 1. The molecule has 5 rings (SSSR count). The molecule has 0 aromatic carbocycles. The van der Waals surface area contributed by atoms with Crippen LogP contribution in [0.5, 0.6) is 0 Å². The van der Waals surface area contributed by atoms with Gasteiger partial charge in [0.2, 0.25) is 0 Å². The molecule has 9 heteroatoms. The van der Waals surface area contributed by atoms with E-state index in [0.29, 0.717) is 36.4 Å². The molecule has 2 aromatic heterocycles. The van der Waals surface area contributed by atoms with E-state index in [9.17, 15) is 4.79 Å². The number of piperidine rings is 1. The first-order valence-electron chi connectivity index (χ1n) is 12.3. The van der Waals surface area contributed by atoms with Gasteiger partial charge in [0, 0.05) is 30.9 Å². The second-order valence-corrected chi connectivity index (χ2v) is 12.2. The van der Waals surface area contributed by atoms with Crippen LogP contribution in [0, 0.1) is 23.6 Å². The number of pyridine rings is 1. The number of amides is 1. The second kappa shape index (κ2) is 8.05. The van der Waals surface area contributed by atoms with Crippen LogP contribution < -0.4 is 0 Å².